The van der Waals surface area contributed by atoms with Gasteiger partial charge < -0.3 is 0 Å². The van der Waals surface area contributed by atoms with Crippen molar-refractivity contribution in [2.24, 2.45) is 23.2 Å². The van der Waals surface area contributed by atoms with E-state index in [0.29, 0.717) is 0 Å². The molecule has 3 saturated carbocycles. The van der Waals surface area contributed by atoms with Gasteiger partial charge in [0.15, 0.2) is 0 Å². The van der Waals surface area contributed by atoms with Crippen LogP contribution < -0.4 is 0 Å². The van der Waals surface area contributed by atoms with Gasteiger partial charge in [-0.05, 0) is 81.0 Å². The molecule has 4 rings (SSSR count). The van der Waals surface area contributed by atoms with Crippen LogP contribution in [0, 0.1) is 23.2 Å². The van der Waals surface area contributed by atoms with Crippen molar-refractivity contribution in [2.75, 3.05) is 0 Å². The highest BCUT2D eigenvalue weighted by molar-refractivity contribution is 5.28. The number of rotatable bonds is 0. The topological polar surface area (TPSA) is 0 Å². The first-order chi connectivity index (χ1) is 8.78. The number of hydrogen-bond donors (Lipinski definition) is 0. The van der Waals surface area contributed by atoms with E-state index in [1.807, 2.05) is 11.1 Å². The molecule has 1 unspecified atom stereocenters. The van der Waals surface area contributed by atoms with Crippen LogP contribution in [0.3, 0.4) is 0 Å². The Morgan fingerprint density at radius 2 is 1.78 bits per heavy atom. The standard InChI is InChI=1S/C18H28/c1-18-11-4-7-17(18)16-9-8-13-5-2-3-6-14(13)15(16)10-12-18/h13,16-17H,2-12H2,1H3/t13?,16-,17+,18+/m1/s1. The molecule has 100 valence electrons. The van der Waals surface area contributed by atoms with Gasteiger partial charge in [-0.15, -0.1) is 0 Å². The van der Waals surface area contributed by atoms with Crippen molar-refractivity contribution in [3.8, 4) is 0 Å². The maximum absolute atomic E-state index is 2.61. The molecule has 4 atom stereocenters. The molecule has 4 aliphatic carbocycles. The summed E-state index contributed by atoms with van der Waals surface area (Å²) in [6.07, 6.45) is 16.7. The Balaban J connectivity index is 1.70. The molecule has 18 heavy (non-hydrogen) atoms. The van der Waals surface area contributed by atoms with Crippen molar-refractivity contribution in [2.45, 2.75) is 77.6 Å². The zero-order valence-corrected chi connectivity index (χ0v) is 12.0. The molecule has 4 aliphatic rings. The van der Waals surface area contributed by atoms with E-state index in [0.717, 1.165) is 23.2 Å². The lowest BCUT2D eigenvalue weighted by atomic mass is 9.56. The fourth-order valence-electron chi connectivity index (χ4n) is 6.09. The van der Waals surface area contributed by atoms with Crippen LogP contribution in [0.2, 0.25) is 0 Å². The smallest absolute Gasteiger partial charge is 0.0167 e. The molecular formula is C18H28. The molecule has 0 heteroatoms. The summed E-state index contributed by atoms with van der Waals surface area (Å²) in [5, 5.41) is 0. The van der Waals surface area contributed by atoms with E-state index >= 15 is 0 Å². The van der Waals surface area contributed by atoms with Crippen LogP contribution in [0.1, 0.15) is 77.6 Å². The molecule has 0 spiro atoms. The van der Waals surface area contributed by atoms with E-state index in [9.17, 15) is 0 Å². The average Bonchev–Trinajstić information content (AvgIpc) is 2.80. The fourth-order valence-corrected chi connectivity index (χ4v) is 6.09. The van der Waals surface area contributed by atoms with Crippen LogP contribution in [-0.2, 0) is 0 Å². The highest BCUT2D eigenvalue weighted by Crippen LogP contribution is 2.60. The Hall–Kier alpha value is -0.260. The monoisotopic (exact) mass is 244 g/mol. The summed E-state index contributed by atoms with van der Waals surface area (Å²) in [5.41, 5.74) is 4.71. The highest BCUT2D eigenvalue weighted by Gasteiger charge is 2.48. The van der Waals surface area contributed by atoms with E-state index in [2.05, 4.69) is 6.92 Å². The van der Waals surface area contributed by atoms with Crippen molar-refractivity contribution >= 4 is 0 Å². The van der Waals surface area contributed by atoms with Crippen molar-refractivity contribution in [1.29, 1.82) is 0 Å². The second kappa shape index (κ2) is 4.12. The molecule has 0 aromatic carbocycles. The fraction of sp³-hybridized carbons (Fsp3) is 0.889. The summed E-state index contributed by atoms with van der Waals surface area (Å²) in [6.45, 7) is 2.61. The third-order valence-corrected chi connectivity index (χ3v) is 7.04. The molecular weight excluding hydrogens is 216 g/mol. The molecule has 0 aliphatic heterocycles. The van der Waals surface area contributed by atoms with Crippen LogP contribution in [-0.4, -0.2) is 0 Å². The molecule has 0 saturated heterocycles. The van der Waals surface area contributed by atoms with Gasteiger partial charge in [0, 0.05) is 0 Å². The summed E-state index contributed by atoms with van der Waals surface area (Å²) in [5.74, 6) is 3.11. The predicted molar refractivity (Wildman–Crippen MR) is 76.4 cm³/mol. The van der Waals surface area contributed by atoms with Crippen molar-refractivity contribution < 1.29 is 0 Å². The zero-order chi connectivity index (χ0) is 12.2. The second-order valence-corrected chi connectivity index (χ2v) is 7.83. The molecule has 0 aromatic rings. The first-order valence-corrected chi connectivity index (χ1v) is 8.50. The molecule has 3 fully saturated rings. The normalized spacial score (nSPS) is 47.5. The van der Waals surface area contributed by atoms with Gasteiger partial charge in [0.1, 0.15) is 0 Å². The van der Waals surface area contributed by atoms with Crippen molar-refractivity contribution in [1.82, 2.24) is 0 Å². The van der Waals surface area contributed by atoms with Gasteiger partial charge in [0.05, 0.1) is 0 Å². The minimum atomic E-state index is 0.732. The number of allylic oxidation sites excluding steroid dienone is 2. The lowest BCUT2D eigenvalue weighted by Gasteiger charge is -2.48. The summed E-state index contributed by atoms with van der Waals surface area (Å²) < 4.78 is 0. The molecule has 0 amide bonds. The maximum Gasteiger partial charge on any atom is -0.0167 e. The molecule has 0 radical (unpaired) electrons. The Bertz CT molecular complexity index is 377. The quantitative estimate of drug-likeness (QED) is 0.495. The van der Waals surface area contributed by atoms with E-state index in [-0.39, 0.29) is 0 Å². The van der Waals surface area contributed by atoms with Crippen molar-refractivity contribution in [3.63, 3.8) is 0 Å². The van der Waals surface area contributed by atoms with E-state index in [1.54, 1.807) is 12.8 Å². The summed E-state index contributed by atoms with van der Waals surface area (Å²) in [7, 11) is 0. The van der Waals surface area contributed by atoms with Crippen LogP contribution in [0.4, 0.5) is 0 Å². The summed E-state index contributed by atoms with van der Waals surface area (Å²) in [4.78, 5) is 0. The Labute approximate surface area is 112 Å². The van der Waals surface area contributed by atoms with Gasteiger partial charge in [-0.2, -0.15) is 0 Å². The Morgan fingerprint density at radius 1 is 0.833 bits per heavy atom. The van der Waals surface area contributed by atoms with Crippen LogP contribution in [0.5, 0.6) is 0 Å². The van der Waals surface area contributed by atoms with Gasteiger partial charge in [-0.1, -0.05) is 30.9 Å². The highest BCUT2D eigenvalue weighted by atomic mass is 14.5. The largest absolute Gasteiger partial charge is 0.0676 e. The minimum Gasteiger partial charge on any atom is -0.0676 e. The summed E-state index contributed by atoms with van der Waals surface area (Å²) in [6, 6.07) is 0. The second-order valence-electron chi connectivity index (χ2n) is 7.83. The predicted octanol–water partition coefficient (Wildman–Crippen LogP) is 5.48. The first kappa shape index (κ1) is 11.6. The van der Waals surface area contributed by atoms with E-state index in [4.69, 9.17) is 0 Å². The van der Waals surface area contributed by atoms with Gasteiger partial charge in [-0.3, -0.25) is 0 Å². The SMILES string of the molecule is C[C@@]12CCC[C@H]1[C@@H]1CCC3CCCCC3=C1CC2. The van der Waals surface area contributed by atoms with Gasteiger partial charge >= 0.3 is 0 Å². The van der Waals surface area contributed by atoms with Gasteiger partial charge in [0.25, 0.3) is 0 Å². The number of hydrogen-bond acceptors (Lipinski definition) is 0. The minimum absolute atomic E-state index is 0.732. The Kier molecular flexibility index (Phi) is 2.64. The van der Waals surface area contributed by atoms with Crippen LogP contribution in [0.25, 0.3) is 0 Å². The summed E-state index contributed by atoms with van der Waals surface area (Å²) >= 11 is 0. The van der Waals surface area contributed by atoms with Gasteiger partial charge in [-0.25, -0.2) is 0 Å². The van der Waals surface area contributed by atoms with Gasteiger partial charge in [0.2, 0.25) is 0 Å². The third kappa shape index (κ3) is 1.57. The van der Waals surface area contributed by atoms with Crippen molar-refractivity contribution in [3.05, 3.63) is 11.1 Å². The van der Waals surface area contributed by atoms with E-state index in [1.165, 1.54) is 57.8 Å². The average molecular weight is 244 g/mol. The molecule has 0 heterocycles. The van der Waals surface area contributed by atoms with Crippen LogP contribution in [0.15, 0.2) is 11.1 Å². The molecule has 0 N–H and O–H groups in total. The lowest BCUT2D eigenvalue weighted by molar-refractivity contribution is 0.107. The number of fused-ring (bicyclic) bond motifs is 4. The Morgan fingerprint density at radius 3 is 2.72 bits per heavy atom. The zero-order valence-electron chi connectivity index (χ0n) is 12.0. The molecule has 0 nitrogen and oxygen atoms in total. The lowest BCUT2D eigenvalue weighted by Crippen LogP contribution is -2.38. The third-order valence-electron chi connectivity index (χ3n) is 7.04. The van der Waals surface area contributed by atoms with Crippen LogP contribution >= 0.6 is 0 Å². The first-order valence-electron chi connectivity index (χ1n) is 8.50. The molecule has 0 bridgehead atoms. The van der Waals surface area contributed by atoms with E-state index < -0.39 is 0 Å². The molecule has 0 aromatic heterocycles. The maximum atomic E-state index is 2.61.